The van der Waals surface area contributed by atoms with Gasteiger partial charge in [-0.25, -0.2) is 0 Å². The van der Waals surface area contributed by atoms with Crippen molar-refractivity contribution in [2.45, 2.75) is 26.1 Å². The fraction of sp³-hybridized carbons (Fsp3) is 0.667. The number of aryl methyl sites for hydroxylation is 1. The fourth-order valence-corrected chi connectivity index (χ4v) is 1.25. The summed E-state index contributed by atoms with van der Waals surface area (Å²) < 4.78 is 43.1. The van der Waals surface area contributed by atoms with Crippen LogP contribution < -0.4 is 0 Å². The highest BCUT2D eigenvalue weighted by Gasteiger charge is 2.34. The summed E-state index contributed by atoms with van der Waals surface area (Å²) in [6.45, 7) is 2.49. The molecule has 0 bridgehead atoms. The quantitative estimate of drug-likeness (QED) is 0.780. The standard InChI is InChI=1S/C9H13F3N2O/c1-3-7-6-8(9(10,11)12)13-14(7)4-5-15-2/h6H,3-5H2,1-2H3. The SMILES string of the molecule is CCc1cc(C(F)(F)F)nn1CCOC. The predicted octanol–water partition coefficient (Wildman–Crippen LogP) is 2.11. The topological polar surface area (TPSA) is 27.1 Å². The van der Waals surface area contributed by atoms with Gasteiger partial charge in [0, 0.05) is 12.8 Å². The van der Waals surface area contributed by atoms with Gasteiger partial charge < -0.3 is 4.74 Å². The van der Waals surface area contributed by atoms with Crippen molar-refractivity contribution in [3.63, 3.8) is 0 Å². The molecule has 0 spiro atoms. The van der Waals surface area contributed by atoms with Gasteiger partial charge in [-0.2, -0.15) is 18.3 Å². The highest BCUT2D eigenvalue weighted by atomic mass is 19.4. The van der Waals surface area contributed by atoms with Crippen LogP contribution in [-0.2, 0) is 23.9 Å². The van der Waals surface area contributed by atoms with Crippen molar-refractivity contribution in [1.82, 2.24) is 9.78 Å². The number of ether oxygens (including phenoxy) is 1. The lowest BCUT2D eigenvalue weighted by Gasteiger charge is -2.04. The molecular formula is C9H13F3N2O. The average Bonchev–Trinajstić information content (AvgIpc) is 2.57. The zero-order valence-corrected chi connectivity index (χ0v) is 8.64. The van der Waals surface area contributed by atoms with E-state index in [1.807, 2.05) is 0 Å². The lowest BCUT2D eigenvalue weighted by Crippen LogP contribution is -2.11. The molecule has 1 aromatic rings. The van der Waals surface area contributed by atoms with E-state index >= 15 is 0 Å². The zero-order chi connectivity index (χ0) is 11.5. The summed E-state index contributed by atoms with van der Waals surface area (Å²) in [5, 5.41) is 3.50. The van der Waals surface area contributed by atoms with Crippen LogP contribution in [0.1, 0.15) is 18.3 Å². The van der Waals surface area contributed by atoms with Crippen LogP contribution in [0.3, 0.4) is 0 Å². The molecule has 0 aliphatic carbocycles. The van der Waals surface area contributed by atoms with Crippen molar-refractivity contribution in [2.75, 3.05) is 13.7 Å². The minimum absolute atomic E-state index is 0.343. The number of alkyl halides is 3. The number of hydrogen-bond acceptors (Lipinski definition) is 2. The van der Waals surface area contributed by atoms with Gasteiger partial charge in [0.25, 0.3) is 0 Å². The number of methoxy groups -OCH3 is 1. The van der Waals surface area contributed by atoms with Crippen LogP contribution >= 0.6 is 0 Å². The Morgan fingerprint density at radius 1 is 1.47 bits per heavy atom. The summed E-state index contributed by atoms with van der Waals surface area (Å²) in [7, 11) is 1.50. The molecule has 0 radical (unpaired) electrons. The van der Waals surface area contributed by atoms with E-state index in [0.717, 1.165) is 6.07 Å². The van der Waals surface area contributed by atoms with E-state index in [1.165, 1.54) is 11.8 Å². The summed E-state index contributed by atoms with van der Waals surface area (Å²) in [6, 6.07) is 1.08. The van der Waals surface area contributed by atoms with Gasteiger partial charge >= 0.3 is 6.18 Å². The molecule has 3 nitrogen and oxygen atoms in total. The molecule has 0 aliphatic rings. The molecule has 1 rings (SSSR count). The second kappa shape index (κ2) is 4.65. The molecule has 0 amide bonds. The van der Waals surface area contributed by atoms with Gasteiger partial charge in [-0.3, -0.25) is 4.68 Å². The van der Waals surface area contributed by atoms with Crippen molar-refractivity contribution in [1.29, 1.82) is 0 Å². The van der Waals surface area contributed by atoms with Gasteiger partial charge in [0.2, 0.25) is 0 Å². The molecule has 6 heteroatoms. The minimum atomic E-state index is -4.37. The van der Waals surface area contributed by atoms with E-state index < -0.39 is 11.9 Å². The molecule has 0 fully saturated rings. The first-order chi connectivity index (χ1) is 6.99. The van der Waals surface area contributed by atoms with E-state index in [4.69, 9.17) is 4.74 Å². The van der Waals surface area contributed by atoms with Crippen LogP contribution in [0.15, 0.2) is 6.07 Å². The van der Waals surface area contributed by atoms with E-state index in [9.17, 15) is 13.2 Å². The second-order valence-electron chi connectivity index (χ2n) is 3.09. The normalized spacial score (nSPS) is 12.1. The summed E-state index contributed by atoms with van der Waals surface area (Å²) >= 11 is 0. The first kappa shape index (κ1) is 12.0. The smallest absolute Gasteiger partial charge is 0.383 e. The Balaban J connectivity index is 2.90. The first-order valence-corrected chi connectivity index (χ1v) is 4.62. The van der Waals surface area contributed by atoms with Crippen molar-refractivity contribution in [3.8, 4) is 0 Å². The molecule has 1 heterocycles. The number of hydrogen-bond donors (Lipinski definition) is 0. The molecule has 0 saturated heterocycles. The van der Waals surface area contributed by atoms with Crippen LogP contribution in [0.25, 0.3) is 0 Å². The molecule has 1 aromatic heterocycles. The van der Waals surface area contributed by atoms with Crippen molar-refractivity contribution in [3.05, 3.63) is 17.5 Å². The average molecular weight is 222 g/mol. The van der Waals surface area contributed by atoms with Crippen LogP contribution in [-0.4, -0.2) is 23.5 Å². The van der Waals surface area contributed by atoms with E-state index in [1.54, 1.807) is 6.92 Å². The first-order valence-electron chi connectivity index (χ1n) is 4.62. The van der Waals surface area contributed by atoms with Crippen molar-refractivity contribution < 1.29 is 17.9 Å². The van der Waals surface area contributed by atoms with Gasteiger partial charge in [-0.05, 0) is 12.5 Å². The summed E-state index contributed by atoms with van der Waals surface area (Å²) in [5.74, 6) is 0. The van der Waals surface area contributed by atoms with Gasteiger partial charge in [0.15, 0.2) is 5.69 Å². The van der Waals surface area contributed by atoms with Gasteiger partial charge in [-0.1, -0.05) is 6.92 Å². The molecule has 0 aromatic carbocycles. The predicted molar refractivity (Wildman–Crippen MR) is 48.5 cm³/mol. The molecule has 0 unspecified atom stereocenters. The Bertz CT molecular complexity index is 320. The third-order valence-corrected chi connectivity index (χ3v) is 2.02. The highest BCUT2D eigenvalue weighted by Crippen LogP contribution is 2.28. The number of rotatable bonds is 4. The molecular weight excluding hydrogens is 209 g/mol. The maximum atomic E-state index is 12.3. The maximum Gasteiger partial charge on any atom is 0.435 e. The highest BCUT2D eigenvalue weighted by molar-refractivity contribution is 5.13. The van der Waals surface area contributed by atoms with Gasteiger partial charge in [0.05, 0.1) is 13.2 Å². The number of aromatic nitrogens is 2. The Morgan fingerprint density at radius 2 is 2.13 bits per heavy atom. The second-order valence-corrected chi connectivity index (χ2v) is 3.09. The maximum absolute atomic E-state index is 12.3. The monoisotopic (exact) mass is 222 g/mol. The van der Waals surface area contributed by atoms with Crippen LogP contribution in [0, 0.1) is 0 Å². The minimum Gasteiger partial charge on any atom is -0.383 e. The van der Waals surface area contributed by atoms with Crippen LogP contribution in [0.2, 0.25) is 0 Å². The third kappa shape index (κ3) is 2.95. The Labute approximate surface area is 85.8 Å². The number of nitrogens with zero attached hydrogens (tertiary/aromatic N) is 2. The summed E-state index contributed by atoms with van der Waals surface area (Å²) in [5.41, 5.74) is -0.269. The summed E-state index contributed by atoms with van der Waals surface area (Å²) in [4.78, 5) is 0. The molecule has 0 aliphatic heterocycles. The zero-order valence-electron chi connectivity index (χ0n) is 8.64. The fourth-order valence-electron chi connectivity index (χ4n) is 1.25. The van der Waals surface area contributed by atoms with E-state index in [2.05, 4.69) is 5.10 Å². The molecule has 0 N–H and O–H groups in total. The molecule has 0 atom stereocenters. The van der Waals surface area contributed by atoms with Gasteiger partial charge in [0.1, 0.15) is 0 Å². The molecule has 86 valence electrons. The third-order valence-electron chi connectivity index (χ3n) is 2.02. The van der Waals surface area contributed by atoms with E-state index in [0.29, 0.717) is 25.3 Å². The largest absolute Gasteiger partial charge is 0.435 e. The van der Waals surface area contributed by atoms with Crippen LogP contribution in [0.5, 0.6) is 0 Å². The van der Waals surface area contributed by atoms with Crippen LogP contribution in [0.4, 0.5) is 13.2 Å². The molecule has 15 heavy (non-hydrogen) atoms. The lowest BCUT2D eigenvalue weighted by atomic mass is 10.3. The number of halogens is 3. The molecule has 0 saturated carbocycles. The summed E-state index contributed by atoms with van der Waals surface area (Å²) in [6.07, 6.45) is -3.85. The van der Waals surface area contributed by atoms with Gasteiger partial charge in [-0.15, -0.1) is 0 Å². The van der Waals surface area contributed by atoms with Crippen molar-refractivity contribution in [2.24, 2.45) is 0 Å². The Morgan fingerprint density at radius 3 is 2.60 bits per heavy atom. The van der Waals surface area contributed by atoms with Crippen molar-refractivity contribution >= 4 is 0 Å². The van der Waals surface area contributed by atoms with E-state index in [-0.39, 0.29) is 0 Å². The Kier molecular flexibility index (Phi) is 3.73. The Hall–Kier alpha value is -1.04. The lowest BCUT2D eigenvalue weighted by molar-refractivity contribution is -0.141.